The van der Waals surface area contributed by atoms with Crippen molar-refractivity contribution in [3.05, 3.63) is 24.3 Å². The monoisotopic (exact) mass is 500 g/mol. The summed E-state index contributed by atoms with van der Waals surface area (Å²) in [5.74, 6) is -10.7. The average molecular weight is 500 g/mol. The molecule has 18 nitrogen and oxygen atoms in total. The molecule has 34 heavy (non-hydrogen) atoms. The van der Waals surface area contributed by atoms with Crippen molar-refractivity contribution in [1.29, 1.82) is 0 Å². The van der Waals surface area contributed by atoms with Crippen LogP contribution in [0.5, 0.6) is 0 Å². The highest BCUT2D eigenvalue weighted by molar-refractivity contribution is 5.90. The number of rotatable bonds is 10. The van der Waals surface area contributed by atoms with Gasteiger partial charge in [0.15, 0.2) is 12.2 Å². The van der Waals surface area contributed by atoms with E-state index in [9.17, 15) is 38.4 Å². The molecule has 0 fully saturated rings. The summed E-state index contributed by atoms with van der Waals surface area (Å²) in [4.78, 5) is 77.0. The van der Waals surface area contributed by atoms with Crippen LogP contribution in [0, 0.1) is 0 Å². The topological polar surface area (TPSA) is 339 Å². The molecule has 0 saturated heterocycles. The lowest BCUT2D eigenvalue weighted by Gasteiger charge is -2.07. The summed E-state index contributed by atoms with van der Waals surface area (Å²) in [7, 11) is 0. The van der Waals surface area contributed by atoms with Gasteiger partial charge < -0.3 is 51.1 Å². The molecule has 0 aromatic heterocycles. The van der Waals surface area contributed by atoms with Crippen LogP contribution < -0.4 is 0 Å². The van der Waals surface area contributed by atoms with Crippen molar-refractivity contribution in [2.24, 2.45) is 0 Å². The van der Waals surface area contributed by atoms with E-state index in [1.165, 1.54) is 0 Å². The van der Waals surface area contributed by atoms with Gasteiger partial charge >= 0.3 is 47.8 Å². The third kappa shape index (κ3) is 37.8. The predicted molar refractivity (Wildman–Crippen MR) is 101 cm³/mol. The maximum atomic E-state index is 9.77. The minimum absolute atomic E-state index is 0.296. The number of hydrogen-bond acceptors (Lipinski definition) is 10. The first-order valence-electron chi connectivity index (χ1n) is 7.88. The molecule has 0 radical (unpaired) electrons. The van der Waals surface area contributed by atoms with Crippen molar-refractivity contribution in [3.8, 4) is 0 Å². The molecule has 0 aliphatic heterocycles. The van der Waals surface area contributed by atoms with E-state index < -0.39 is 60.0 Å². The zero-order chi connectivity index (χ0) is 28.0. The van der Waals surface area contributed by atoms with E-state index in [4.69, 9.17) is 51.1 Å². The van der Waals surface area contributed by atoms with Crippen LogP contribution in [-0.2, 0) is 38.4 Å². The number of carboxylic acids is 8. The average Bonchev–Trinajstić information content (AvgIpc) is 2.69. The zero-order valence-corrected chi connectivity index (χ0v) is 16.6. The summed E-state index contributed by atoms with van der Waals surface area (Å²) in [5.41, 5.74) is 0. The van der Waals surface area contributed by atoms with Gasteiger partial charge in [-0.25, -0.2) is 28.8 Å². The van der Waals surface area contributed by atoms with E-state index in [1.807, 2.05) is 0 Å². The van der Waals surface area contributed by atoms with Crippen molar-refractivity contribution in [1.82, 2.24) is 0 Å². The molecule has 0 aromatic rings. The van der Waals surface area contributed by atoms with Crippen LogP contribution in [0.1, 0.15) is 12.8 Å². The number of carboxylic acid groups (broad SMARTS) is 8. The van der Waals surface area contributed by atoms with Crippen molar-refractivity contribution in [2.75, 3.05) is 0 Å². The van der Waals surface area contributed by atoms with Gasteiger partial charge in [-0.2, -0.15) is 0 Å². The van der Waals surface area contributed by atoms with E-state index in [0.717, 1.165) is 0 Å². The second-order valence-corrected chi connectivity index (χ2v) is 4.87. The van der Waals surface area contributed by atoms with E-state index in [-0.39, 0.29) is 12.8 Å². The maximum Gasteiger partial charge on any atom is 0.335 e. The minimum Gasteiger partial charge on any atom is -0.481 e. The summed E-state index contributed by atoms with van der Waals surface area (Å²) in [5, 5.41) is 79.6. The second kappa shape index (κ2) is 21.4. The lowest BCUT2D eigenvalue weighted by atomic mass is 10.2. The zero-order valence-electron chi connectivity index (χ0n) is 16.6. The number of aliphatic carboxylic acids is 8. The molecule has 0 amide bonds. The van der Waals surface area contributed by atoms with Crippen LogP contribution in [0.3, 0.4) is 0 Å². The normalized spacial score (nSPS) is 11.1. The number of aliphatic hydroxyl groups excluding tert-OH is 2. The number of carbonyl (C=O) groups is 8. The Kier molecular flexibility index (Phi) is 23.0. The highest BCUT2D eigenvalue weighted by Gasteiger charge is 2.29. The SMILES string of the molecule is O=C(O)/C=C/C(=O)O.O=C(O)/C=C\C(=O)O.O=C(O)C(O)C(O)C(=O)O.O=C(O)CCC(=O)O. The molecule has 0 aliphatic rings. The molecule has 0 aromatic carbocycles. The summed E-state index contributed by atoms with van der Waals surface area (Å²) < 4.78 is 0. The first-order chi connectivity index (χ1) is 15.3. The maximum absolute atomic E-state index is 9.77. The number of aliphatic hydroxyl groups is 2. The van der Waals surface area contributed by atoms with Gasteiger partial charge in [0.1, 0.15) is 0 Å². The molecule has 0 spiro atoms. The van der Waals surface area contributed by atoms with Crippen molar-refractivity contribution >= 4 is 47.8 Å². The van der Waals surface area contributed by atoms with Crippen LogP contribution in [0.25, 0.3) is 0 Å². The van der Waals surface area contributed by atoms with Crippen LogP contribution in [0.2, 0.25) is 0 Å². The van der Waals surface area contributed by atoms with E-state index in [1.54, 1.807) is 0 Å². The predicted octanol–water partition coefficient (Wildman–Crippen LogP) is -2.76. The van der Waals surface area contributed by atoms with Gasteiger partial charge in [-0.1, -0.05) is 0 Å². The Morgan fingerprint density at radius 3 is 0.706 bits per heavy atom. The standard InChI is InChI=1S/C4H6O6.C4H6O4.2C4H4O4/c5-1(3(7)8)2(6)4(9)10;3*5-3(6)1-2-4(7)8/h1-2,5-6H,(H,7,8)(H,9,10);1-2H2,(H,5,6)(H,7,8);2*1-2H,(H,5,6)(H,7,8)/b;;2-1+;2-1-. The second-order valence-electron chi connectivity index (χ2n) is 4.87. The van der Waals surface area contributed by atoms with E-state index in [0.29, 0.717) is 24.3 Å². The quantitative estimate of drug-likeness (QED) is 0.136. The minimum atomic E-state index is -2.27. The highest BCUT2D eigenvalue weighted by Crippen LogP contribution is 1.92. The van der Waals surface area contributed by atoms with Gasteiger partial charge in [-0.05, 0) is 0 Å². The van der Waals surface area contributed by atoms with E-state index >= 15 is 0 Å². The number of hydrogen-bond donors (Lipinski definition) is 10. The van der Waals surface area contributed by atoms with Gasteiger partial charge in [0.2, 0.25) is 0 Å². The Morgan fingerprint density at radius 2 is 0.618 bits per heavy atom. The Hall–Kier alpha value is -4.84. The van der Waals surface area contributed by atoms with Crippen molar-refractivity contribution in [3.63, 3.8) is 0 Å². The fourth-order valence-corrected chi connectivity index (χ4v) is 0.769. The fraction of sp³-hybridized carbons (Fsp3) is 0.250. The first-order valence-corrected chi connectivity index (χ1v) is 7.88. The van der Waals surface area contributed by atoms with Crippen LogP contribution in [0.15, 0.2) is 24.3 Å². The molecular formula is C16H20O18. The fourth-order valence-electron chi connectivity index (χ4n) is 0.769. The summed E-state index contributed by atoms with van der Waals surface area (Å²) >= 11 is 0. The molecule has 2 unspecified atom stereocenters. The molecule has 0 aliphatic carbocycles. The van der Waals surface area contributed by atoms with Gasteiger partial charge in [0, 0.05) is 24.3 Å². The van der Waals surface area contributed by atoms with Gasteiger partial charge in [0.05, 0.1) is 12.8 Å². The molecule has 0 saturated carbocycles. The molecule has 10 N–H and O–H groups in total. The Labute approximate surface area is 187 Å². The summed E-state index contributed by atoms with van der Waals surface area (Å²) in [6.07, 6.45) is -2.89. The summed E-state index contributed by atoms with van der Waals surface area (Å²) in [6.45, 7) is 0. The molecule has 0 bridgehead atoms. The highest BCUT2D eigenvalue weighted by atomic mass is 16.4. The van der Waals surface area contributed by atoms with Gasteiger partial charge in [-0.3, -0.25) is 9.59 Å². The smallest absolute Gasteiger partial charge is 0.335 e. The van der Waals surface area contributed by atoms with Crippen LogP contribution in [0.4, 0.5) is 0 Å². The molecular weight excluding hydrogens is 480 g/mol. The van der Waals surface area contributed by atoms with Gasteiger partial charge in [0.25, 0.3) is 0 Å². The molecule has 18 heteroatoms. The third-order valence-corrected chi connectivity index (χ3v) is 2.09. The van der Waals surface area contributed by atoms with Crippen molar-refractivity contribution in [2.45, 2.75) is 25.0 Å². The Morgan fingerprint density at radius 1 is 0.441 bits per heavy atom. The molecule has 2 atom stereocenters. The van der Waals surface area contributed by atoms with Crippen LogP contribution in [-0.4, -0.2) is 111 Å². The Balaban J connectivity index is -0.000000177. The third-order valence-electron chi connectivity index (χ3n) is 2.09. The van der Waals surface area contributed by atoms with Gasteiger partial charge in [-0.15, -0.1) is 0 Å². The van der Waals surface area contributed by atoms with E-state index in [2.05, 4.69) is 0 Å². The van der Waals surface area contributed by atoms with Crippen LogP contribution >= 0.6 is 0 Å². The Bertz CT molecular complexity index is 694. The molecule has 192 valence electrons. The first kappa shape index (κ1) is 36.5. The largest absolute Gasteiger partial charge is 0.481 e. The molecule has 0 rings (SSSR count). The lowest BCUT2D eigenvalue weighted by Crippen LogP contribution is -2.39. The summed E-state index contributed by atoms with van der Waals surface area (Å²) in [6, 6.07) is 0. The molecule has 0 heterocycles. The van der Waals surface area contributed by atoms with Crippen molar-refractivity contribution < 1.29 is 89.4 Å². The lowest BCUT2D eigenvalue weighted by molar-refractivity contribution is -0.165.